The third-order valence-electron chi connectivity index (χ3n) is 2.65. The number of halogens is 4. The summed E-state index contributed by atoms with van der Waals surface area (Å²) < 4.78 is 54.5. The average molecular weight is 405 g/mol. The number of rotatable bonds is 4. The van der Waals surface area contributed by atoms with Gasteiger partial charge in [-0.3, -0.25) is 0 Å². The van der Waals surface area contributed by atoms with Gasteiger partial charge >= 0.3 is 6.08 Å². The minimum Gasteiger partial charge on any atom is -0.242 e. The van der Waals surface area contributed by atoms with Crippen molar-refractivity contribution in [2.24, 2.45) is 4.36 Å². The zero-order valence-corrected chi connectivity index (χ0v) is 15.3. The number of allylic oxidation sites excluding steroid dienone is 1. The molecule has 0 fully saturated rings. The molecule has 1 unspecified atom stereocenters. The van der Waals surface area contributed by atoms with Crippen LogP contribution in [-0.2, 0) is 15.1 Å². The second kappa shape index (κ2) is 6.78. The Morgan fingerprint density at radius 2 is 1.95 bits per heavy atom. The van der Waals surface area contributed by atoms with Gasteiger partial charge in [0.15, 0.2) is 10.2 Å². The van der Waals surface area contributed by atoms with E-state index in [1.165, 1.54) is 7.05 Å². The summed E-state index contributed by atoms with van der Waals surface area (Å²) in [5.41, 5.74) is 0.448. The van der Waals surface area contributed by atoms with E-state index < -0.39 is 28.1 Å². The lowest BCUT2D eigenvalue weighted by Gasteiger charge is -2.15. The molecule has 0 amide bonds. The van der Waals surface area contributed by atoms with Gasteiger partial charge in [-0.15, -0.1) is 0 Å². The highest BCUT2D eigenvalue weighted by molar-refractivity contribution is 9.11. The maximum atomic E-state index is 12.9. The van der Waals surface area contributed by atoms with Gasteiger partial charge in [0, 0.05) is 24.6 Å². The predicted octanol–water partition coefficient (Wildman–Crippen LogP) is 5.13. The molecule has 0 aliphatic carbocycles. The van der Waals surface area contributed by atoms with Gasteiger partial charge in [-0.1, -0.05) is 32.1 Å². The van der Waals surface area contributed by atoms with Gasteiger partial charge in [0.1, 0.15) is 9.73 Å². The van der Waals surface area contributed by atoms with E-state index in [2.05, 4.69) is 25.3 Å². The lowest BCUT2D eigenvalue weighted by Crippen LogP contribution is -2.13. The van der Waals surface area contributed by atoms with E-state index in [1.54, 1.807) is 0 Å². The Hall–Kier alpha value is -0.410. The van der Waals surface area contributed by atoms with Crippen LogP contribution in [0, 0.1) is 0 Å². The first kappa shape index (κ1) is 18.6. The first-order valence-electron chi connectivity index (χ1n) is 6.00. The van der Waals surface area contributed by atoms with Crippen LogP contribution >= 0.6 is 27.3 Å². The van der Waals surface area contributed by atoms with Gasteiger partial charge in [0.25, 0.3) is 0 Å². The SMILES string of the molecule is CN=S(=O)(CCC(F)=C(F)F)c1nc(C(C)(C)C)c(Br)s1. The van der Waals surface area contributed by atoms with Gasteiger partial charge in [-0.2, -0.15) is 8.78 Å². The molecule has 120 valence electrons. The Balaban J connectivity index is 3.17. The van der Waals surface area contributed by atoms with Crippen molar-refractivity contribution in [2.45, 2.75) is 36.9 Å². The van der Waals surface area contributed by atoms with E-state index >= 15 is 0 Å². The second-order valence-electron chi connectivity index (χ2n) is 5.29. The van der Waals surface area contributed by atoms with E-state index in [-0.39, 0.29) is 15.5 Å². The van der Waals surface area contributed by atoms with Gasteiger partial charge in [-0.25, -0.2) is 17.9 Å². The number of thiazole rings is 1. The second-order valence-corrected chi connectivity index (χ2v) is 10.3. The molecule has 1 rings (SSSR count). The summed E-state index contributed by atoms with van der Waals surface area (Å²) in [5, 5.41) is 0. The molecule has 0 N–H and O–H groups in total. The first-order valence-corrected chi connectivity index (χ1v) is 9.30. The average Bonchev–Trinajstić information content (AvgIpc) is 2.78. The van der Waals surface area contributed by atoms with Crippen LogP contribution in [0.1, 0.15) is 32.9 Å². The fraction of sp³-hybridized carbons (Fsp3) is 0.583. The standard InChI is InChI=1S/C12H16BrF3N2OS2/c1-12(2,3)8-9(13)20-11(18-8)21(19,17-4)6-5-7(14)10(15)16/h5-6H2,1-4H3. The van der Waals surface area contributed by atoms with Crippen LogP contribution in [0.25, 0.3) is 0 Å². The maximum absolute atomic E-state index is 12.9. The summed E-state index contributed by atoms with van der Waals surface area (Å²) in [4.78, 5) is 4.32. The monoisotopic (exact) mass is 404 g/mol. The Morgan fingerprint density at radius 3 is 2.33 bits per heavy atom. The van der Waals surface area contributed by atoms with E-state index in [0.29, 0.717) is 9.48 Å². The lowest BCUT2D eigenvalue weighted by atomic mass is 9.93. The molecule has 0 spiro atoms. The smallest absolute Gasteiger partial charge is 0.242 e. The van der Waals surface area contributed by atoms with Gasteiger partial charge in [0.05, 0.1) is 9.48 Å². The molecular weight excluding hydrogens is 389 g/mol. The van der Waals surface area contributed by atoms with Crippen LogP contribution in [0.5, 0.6) is 0 Å². The summed E-state index contributed by atoms with van der Waals surface area (Å²) in [6, 6.07) is 0. The highest BCUT2D eigenvalue weighted by atomic mass is 79.9. The van der Waals surface area contributed by atoms with Crippen molar-refractivity contribution >= 4 is 37.0 Å². The van der Waals surface area contributed by atoms with Crippen LogP contribution in [0.4, 0.5) is 13.2 Å². The first-order chi connectivity index (χ1) is 9.51. The van der Waals surface area contributed by atoms with Crippen molar-refractivity contribution in [2.75, 3.05) is 12.8 Å². The molecular formula is C12H16BrF3N2OS2. The van der Waals surface area contributed by atoms with Crippen LogP contribution in [0.2, 0.25) is 0 Å². The molecule has 0 radical (unpaired) electrons. The normalized spacial score (nSPS) is 14.7. The van der Waals surface area contributed by atoms with Crippen molar-refractivity contribution in [3.05, 3.63) is 21.4 Å². The van der Waals surface area contributed by atoms with Crippen molar-refractivity contribution < 1.29 is 17.4 Å². The fourth-order valence-electron chi connectivity index (χ4n) is 1.46. The Morgan fingerprint density at radius 1 is 1.38 bits per heavy atom. The summed E-state index contributed by atoms with van der Waals surface area (Å²) in [5.74, 6) is -1.88. The zero-order chi connectivity index (χ0) is 16.4. The molecule has 0 aromatic carbocycles. The van der Waals surface area contributed by atoms with Crippen molar-refractivity contribution in [3.63, 3.8) is 0 Å². The number of hydrogen-bond donors (Lipinski definition) is 0. The predicted molar refractivity (Wildman–Crippen MR) is 83.1 cm³/mol. The van der Waals surface area contributed by atoms with E-state index in [9.17, 15) is 17.4 Å². The topological polar surface area (TPSA) is 42.3 Å². The molecule has 21 heavy (non-hydrogen) atoms. The number of nitrogens with zero attached hydrogens (tertiary/aromatic N) is 2. The van der Waals surface area contributed by atoms with Crippen LogP contribution in [-0.4, -0.2) is 22.0 Å². The Labute approximate surface area is 135 Å². The number of hydrogen-bond acceptors (Lipinski definition) is 4. The lowest BCUT2D eigenvalue weighted by molar-refractivity contribution is 0.373. The molecule has 0 saturated heterocycles. The largest absolute Gasteiger partial charge is 0.301 e. The summed E-state index contributed by atoms with van der Waals surface area (Å²) in [6.07, 6.45) is -3.01. The minimum atomic E-state index is -3.00. The molecule has 1 aromatic rings. The van der Waals surface area contributed by atoms with Crippen molar-refractivity contribution in [3.8, 4) is 0 Å². The highest BCUT2D eigenvalue weighted by Crippen LogP contribution is 2.36. The molecule has 9 heteroatoms. The van der Waals surface area contributed by atoms with Crippen LogP contribution < -0.4 is 0 Å². The minimum absolute atomic E-state index is 0.230. The summed E-state index contributed by atoms with van der Waals surface area (Å²) >= 11 is 4.51. The molecule has 0 aliphatic rings. The third kappa shape index (κ3) is 4.53. The van der Waals surface area contributed by atoms with Gasteiger partial charge < -0.3 is 0 Å². The van der Waals surface area contributed by atoms with Gasteiger partial charge in [0.2, 0.25) is 0 Å². The van der Waals surface area contributed by atoms with E-state index in [1.807, 2.05) is 20.8 Å². The zero-order valence-electron chi connectivity index (χ0n) is 12.0. The molecule has 1 atom stereocenters. The van der Waals surface area contributed by atoms with Crippen molar-refractivity contribution in [1.29, 1.82) is 0 Å². The summed E-state index contributed by atoms with van der Waals surface area (Å²) in [6.45, 7) is 5.84. The fourth-order valence-corrected chi connectivity index (χ4v) is 6.11. The molecule has 0 aliphatic heterocycles. The quantitative estimate of drug-likeness (QED) is 0.697. The van der Waals surface area contributed by atoms with Crippen molar-refractivity contribution in [1.82, 2.24) is 4.98 Å². The molecule has 1 heterocycles. The summed E-state index contributed by atoms with van der Waals surface area (Å²) in [7, 11) is -1.68. The van der Waals surface area contributed by atoms with Crippen LogP contribution in [0.15, 0.2) is 24.4 Å². The van der Waals surface area contributed by atoms with E-state index in [0.717, 1.165) is 11.3 Å². The third-order valence-corrected chi connectivity index (χ3v) is 7.16. The Bertz CT molecular complexity index is 667. The highest BCUT2D eigenvalue weighted by Gasteiger charge is 2.26. The van der Waals surface area contributed by atoms with Crippen LogP contribution in [0.3, 0.4) is 0 Å². The van der Waals surface area contributed by atoms with E-state index in [4.69, 9.17) is 0 Å². The molecule has 3 nitrogen and oxygen atoms in total. The number of aromatic nitrogens is 1. The maximum Gasteiger partial charge on any atom is 0.301 e. The molecule has 0 saturated carbocycles. The molecule has 1 aromatic heterocycles. The van der Waals surface area contributed by atoms with Gasteiger partial charge in [-0.05, 0) is 15.9 Å². The Kier molecular flexibility index (Phi) is 6.02. The molecule has 0 bridgehead atoms.